The molecule has 1 amide bonds. The van der Waals surface area contributed by atoms with E-state index in [9.17, 15) is 4.79 Å². The highest BCUT2D eigenvalue weighted by Gasteiger charge is 2.36. The number of hydrogen-bond acceptors (Lipinski definition) is 4. The first-order valence-electron chi connectivity index (χ1n) is 11.2. The Morgan fingerprint density at radius 1 is 0.968 bits per heavy atom. The Kier molecular flexibility index (Phi) is 4.44. The largest absolute Gasteiger partial charge is 0.486 e. The zero-order valence-electron chi connectivity index (χ0n) is 17.4. The van der Waals surface area contributed by atoms with Crippen molar-refractivity contribution in [3.63, 3.8) is 0 Å². The van der Waals surface area contributed by atoms with E-state index in [2.05, 4.69) is 6.07 Å². The van der Waals surface area contributed by atoms with Crippen LogP contribution in [0.25, 0.3) is 5.69 Å². The molecule has 0 bridgehead atoms. The minimum absolute atomic E-state index is 0.0438. The fraction of sp³-hybridized carbons (Fsp3) is 0.360. The molecule has 3 aliphatic rings. The second-order valence-corrected chi connectivity index (χ2v) is 8.43. The first kappa shape index (κ1) is 18.5. The van der Waals surface area contributed by atoms with Crippen LogP contribution in [-0.2, 0) is 12.8 Å². The Bertz CT molecular complexity index is 1140. The van der Waals surface area contributed by atoms with Crippen molar-refractivity contribution in [1.29, 1.82) is 0 Å². The van der Waals surface area contributed by atoms with Crippen molar-refractivity contribution in [3.05, 3.63) is 71.0 Å². The summed E-state index contributed by atoms with van der Waals surface area (Å²) in [6, 6.07) is 16.2. The summed E-state index contributed by atoms with van der Waals surface area (Å²) >= 11 is 0. The van der Waals surface area contributed by atoms with Gasteiger partial charge in [0, 0.05) is 17.8 Å². The fourth-order valence-corrected chi connectivity index (χ4v) is 5.15. The van der Waals surface area contributed by atoms with E-state index in [1.165, 1.54) is 5.69 Å². The number of ether oxygens (including phenoxy) is 2. The molecule has 2 aliphatic heterocycles. The minimum atomic E-state index is 0.0438. The molecule has 1 saturated heterocycles. The van der Waals surface area contributed by atoms with Crippen molar-refractivity contribution in [1.82, 2.24) is 14.7 Å². The number of carbonyl (C=O) groups is 1. The molecule has 158 valence electrons. The molecular weight excluding hydrogens is 390 g/mol. The van der Waals surface area contributed by atoms with Crippen molar-refractivity contribution in [3.8, 4) is 17.2 Å². The maximum atomic E-state index is 13.7. The molecule has 31 heavy (non-hydrogen) atoms. The molecule has 3 aromatic rings. The predicted octanol–water partition coefficient (Wildman–Crippen LogP) is 4.11. The summed E-state index contributed by atoms with van der Waals surface area (Å²) in [5.74, 6) is 1.60. The Morgan fingerprint density at radius 2 is 1.81 bits per heavy atom. The molecule has 0 saturated carbocycles. The normalized spacial score (nSPS) is 19.5. The summed E-state index contributed by atoms with van der Waals surface area (Å²) in [6.07, 6.45) is 4.91. The minimum Gasteiger partial charge on any atom is -0.486 e. The summed E-state index contributed by atoms with van der Waals surface area (Å²) in [5, 5.41) is 4.83. The molecule has 3 heterocycles. The lowest BCUT2D eigenvalue weighted by Crippen LogP contribution is -2.31. The molecule has 1 aromatic heterocycles. The van der Waals surface area contributed by atoms with E-state index in [-0.39, 0.29) is 11.9 Å². The van der Waals surface area contributed by atoms with Gasteiger partial charge in [-0.25, -0.2) is 4.68 Å². The number of aromatic nitrogens is 2. The number of hydrogen-bond donors (Lipinski definition) is 0. The van der Waals surface area contributed by atoms with Gasteiger partial charge in [0.25, 0.3) is 5.91 Å². The Labute approximate surface area is 181 Å². The summed E-state index contributed by atoms with van der Waals surface area (Å²) in [7, 11) is 0. The smallest absolute Gasteiger partial charge is 0.275 e. The average Bonchev–Trinajstić information content (AvgIpc) is 3.55. The Balaban J connectivity index is 1.34. The lowest BCUT2D eigenvalue weighted by molar-refractivity contribution is 0.0727. The van der Waals surface area contributed by atoms with E-state index in [1.54, 1.807) is 0 Å². The van der Waals surface area contributed by atoms with Gasteiger partial charge in [-0.15, -0.1) is 0 Å². The SMILES string of the molecule is O=C(c1nn(-c2ccccc2)c2c1CCC2)N1CCC[C@@H]1c1ccc2c(c1)OCCO2. The number of rotatable bonds is 3. The highest BCUT2D eigenvalue weighted by molar-refractivity contribution is 5.95. The van der Waals surface area contributed by atoms with Gasteiger partial charge >= 0.3 is 0 Å². The summed E-state index contributed by atoms with van der Waals surface area (Å²) in [4.78, 5) is 15.7. The number of amides is 1. The van der Waals surface area contributed by atoms with E-state index in [0.717, 1.165) is 67.0 Å². The van der Waals surface area contributed by atoms with Gasteiger partial charge in [-0.3, -0.25) is 4.79 Å². The van der Waals surface area contributed by atoms with Crippen LogP contribution in [0, 0.1) is 0 Å². The molecule has 6 nitrogen and oxygen atoms in total. The highest BCUT2D eigenvalue weighted by atomic mass is 16.6. The number of likely N-dealkylation sites (tertiary alicyclic amines) is 1. The number of benzene rings is 2. The van der Waals surface area contributed by atoms with E-state index in [1.807, 2.05) is 52.0 Å². The monoisotopic (exact) mass is 415 g/mol. The van der Waals surface area contributed by atoms with Crippen LogP contribution in [0.15, 0.2) is 48.5 Å². The first-order chi connectivity index (χ1) is 15.3. The quantitative estimate of drug-likeness (QED) is 0.646. The van der Waals surface area contributed by atoms with Crippen LogP contribution in [0.5, 0.6) is 11.5 Å². The van der Waals surface area contributed by atoms with Crippen LogP contribution in [0.2, 0.25) is 0 Å². The second-order valence-electron chi connectivity index (χ2n) is 8.43. The third-order valence-electron chi connectivity index (χ3n) is 6.60. The molecule has 1 atom stereocenters. The van der Waals surface area contributed by atoms with Crippen LogP contribution in [0.3, 0.4) is 0 Å². The molecule has 1 fully saturated rings. The van der Waals surface area contributed by atoms with E-state index < -0.39 is 0 Å². The van der Waals surface area contributed by atoms with E-state index in [0.29, 0.717) is 18.9 Å². The van der Waals surface area contributed by atoms with Crippen molar-refractivity contribution < 1.29 is 14.3 Å². The zero-order valence-corrected chi connectivity index (χ0v) is 17.4. The molecule has 6 rings (SSSR count). The molecule has 1 aliphatic carbocycles. The zero-order chi connectivity index (χ0) is 20.8. The molecule has 2 aromatic carbocycles. The molecule has 0 unspecified atom stereocenters. The Morgan fingerprint density at radius 3 is 2.68 bits per heavy atom. The summed E-state index contributed by atoms with van der Waals surface area (Å²) in [6.45, 7) is 1.90. The number of carbonyl (C=O) groups excluding carboxylic acids is 1. The lowest BCUT2D eigenvalue weighted by Gasteiger charge is -2.26. The van der Waals surface area contributed by atoms with Crippen LogP contribution < -0.4 is 9.47 Å². The van der Waals surface area contributed by atoms with Gasteiger partial charge in [0.05, 0.1) is 11.7 Å². The van der Waals surface area contributed by atoms with Crippen LogP contribution in [0.1, 0.15) is 52.6 Å². The second kappa shape index (κ2) is 7.45. The Hall–Kier alpha value is -3.28. The first-order valence-corrected chi connectivity index (χ1v) is 11.2. The summed E-state index contributed by atoms with van der Waals surface area (Å²) in [5.41, 5.74) is 5.06. The summed E-state index contributed by atoms with van der Waals surface area (Å²) < 4.78 is 13.4. The van der Waals surface area contributed by atoms with Crippen LogP contribution in [0.4, 0.5) is 0 Å². The third kappa shape index (κ3) is 3.09. The van der Waals surface area contributed by atoms with Crippen molar-refractivity contribution >= 4 is 5.91 Å². The molecule has 0 N–H and O–H groups in total. The predicted molar refractivity (Wildman–Crippen MR) is 116 cm³/mol. The van der Waals surface area contributed by atoms with E-state index >= 15 is 0 Å². The van der Waals surface area contributed by atoms with E-state index in [4.69, 9.17) is 14.6 Å². The topological polar surface area (TPSA) is 56.6 Å². The standard InChI is InChI=1S/C25H25N3O3/c29-25(24-19-8-4-9-21(19)28(26-24)18-6-2-1-3-7-18)27-13-5-10-20(27)17-11-12-22-23(16-17)31-15-14-30-22/h1-3,6-7,11-12,16,20H,4-5,8-10,13-15H2/t20-/m1/s1. The van der Waals surface area contributed by atoms with Gasteiger partial charge in [-0.2, -0.15) is 5.10 Å². The fourth-order valence-electron chi connectivity index (χ4n) is 5.15. The van der Waals surface area contributed by atoms with Gasteiger partial charge in [-0.1, -0.05) is 24.3 Å². The lowest BCUT2D eigenvalue weighted by atomic mass is 10.0. The highest BCUT2D eigenvalue weighted by Crippen LogP contribution is 2.39. The van der Waals surface area contributed by atoms with Crippen LogP contribution >= 0.6 is 0 Å². The van der Waals surface area contributed by atoms with Gasteiger partial charge in [0.1, 0.15) is 13.2 Å². The number of para-hydroxylation sites is 1. The average molecular weight is 415 g/mol. The molecular formula is C25H25N3O3. The maximum absolute atomic E-state index is 13.7. The number of fused-ring (bicyclic) bond motifs is 2. The van der Waals surface area contributed by atoms with Crippen molar-refractivity contribution in [2.45, 2.75) is 38.1 Å². The maximum Gasteiger partial charge on any atom is 0.275 e. The van der Waals surface area contributed by atoms with Crippen molar-refractivity contribution in [2.24, 2.45) is 0 Å². The van der Waals surface area contributed by atoms with Gasteiger partial charge < -0.3 is 14.4 Å². The van der Waals surface area contributed by atoms with Gasteiger partial charge in [0.2, 0.25) is 0 Å². The van der Waals surface area contributed by atoms with Gasteiger partial charge in [0.15, 0.2) is 17.2 Å². The number of nitrogens with zero attached hydrogens (tertiary/aromatic N) is 3. The van der Waals surface area contributed by atoms with Crippen LogP contribution in [-0.4, -0.2) is 40.3 Å². The molecule has 0 radical (unpaired) electrons. The molecule has 6 heteroatoms. The van der Waals surface area contributed by atoms with Gasteiger partial charge in [-0.05, 0) is 61.9 Å². The third-order valence-corrected chi connectivity index (χ3v) is 6.60. The molecule has 0 spiro atoms. The van der Waals surface area contributed by atoms with Crippen molar-refractivity contribution in [2.75, 3.05) is 19.8 Å².